The molecule has 0 bridgehead atoms. The molecule has 0 spiro atoms. The Labute approximate surface area is 134 Å². The third kappa shape index (κ3) is 1.91. The fraction of sp³-hybridized carbons (Fsp3) is 0.895. The van der Waals surface area contributed by atoms with Crippen molar-refractivity contribution >= 4 is 0 Å². The highest BCUT2D eigenvalue weighted by atomic mass is 16.3. The summed E-state index contributed by atoms with van der Waals surface area (Å²) in [6.07, 6.45) is 10.8. The monoisotopic (exact) mass is 303 g/mol. The SMILES string of the molecule is C[C@]12CC[C@]([NH])(N)CC1=CCC1C2CC[C@@]2(C)C1CC[C@@H]2O. The van der Waals surface area contributed by atoms with Crippen molar-refractivity contribution in [1.82, 2.24) is 5.73 Å². The van der Waals surface area contributed by atoms with Crippen molar-refractivity contribution in [1.29, 1.82) is 0 Å². The van der Waals surface area contributed by atoms with Crippen molar-refractivity contribution in [2.45, 2.75) is 77.0 Å². The molecule has 0 heterocycles. The highest BCUT2D eigenvalue weighted by Gasteiger charge is 2.58. The van der Waals surface area contributed by atoms with Gasteiger partial charge < -0.3 is 10.8 Å². The second-order valence-electron chi connectivity index (χ2n) is 9.23. The van der Waals surface area contributed by atoms with Gasteiger partial charge in [0.1, 0.15) is 0 Å². The van der Waals surface area contributed by atoms with Gasteiger partial charge in [0.2, 0.25) is 0 Å². The van der Waals surface area contributed by atoms with Crippen LogP contribution in [0.4, 0.5) is 0 Å². The number of rotatable bonds is 0. The van der Waals surface area contributed by atoms with E-state index in [0.29, 0.717) is 5.92 Å². The molecule has 3 nitrogen and oxygen atoms in total. The van der Waals surface area contributed by atoms with E-state index in [0.717, 1.165) is 43.9 Å². The molecule has 4 rings (SSSR count). The van der Waals surface area contributed by atoms with Crippen molar-refractivity contribution in [2.75, 3.05) is 0 Å². The molecule has 4 aliphatic rings. The Bertz CT molecular complexity index is 514. The van der Waals surface area contributed by atoms with Crippen LogP contribution in [0.15, 0.2) is 11.6 Å². The standard InChI is InChI=1S/C19H31N2O/c1-17-9-10-19(20,21)11-12(17)3-4-13-14-5-6-16(22)18(14,2)8-7-15(13)17/h3,13-16,20,22H,4-11,21H2,1-2H3/t13?,14?,15?,16-,17-,18-,19-/m0/s1. The lowest BCUT2D eigenvalue weighted by molar-refractivity contribution is -0.0689. The molecular formula is C19H31N2O. The van der Waals surface area contributed by atoms with Crippen molar-refractivity contribution in [2.24, 2.45) is 34.3 Å². The molecule has 7 atom stereocenters. The summed E-state index contributed by atoms with van der Waals surface area (Å²) in [4.78, 5) is 0. The molecule has 0 aliphatic heterocycles. The Kier molecular flexibility index (Phi) is 3.16. The molecule has 0 aromatic heterocycles. The van der Waals surface area contributed by atoms with Crippen LogP contribution < -0.4 is 11.5 Å². The van der Waals surface area contributed by atoms with Gasteiger partial charge in [-0.15, -0.1) is 0 Å². The van der Waals surface area contributed by atoms with Gasteiger partial charge in [0, 0.05) is 6.42 Å². The Balaban J connectivity index is 1.67. The van der Waals surface area contributed by atoms with E-state index >= 15 is 0 Å². The van der Waals surface area contributed by atoms with Gasteiger partial charge in [0.15, 0.2) is 0 Å². The molecule has 4 N–H and O–H groups in total. The predicted octanol–water partition coefficient (Wildman–Crippen LogP) is 3.25. The first-order valence-corrected chi connectivity index (χ1v) is 9.18. The van der Waals surface area contributed by atoms with Gasteiger partial charge in [-0.25, -0.2) is 5.73 Å². The topological polar surface area (TPSA) is 70.0 Å². The average Bonchev–Trinajstić information content (AvgIpc) is 2.76. The van der Waals surface area contributed by atoms with E-state index in [4.69, 9.17) is 11.5 Å². The fourth-order valence-electron chi connectivity index (χ4n) is 6.66. The summed E-state index contributed by atoms with van der Waals surface area (Å²) < 4.78 is 0. The molecular weight excluding hydrogens is 272 g/mol. The quantitative estimate of drug-likeness (QED) is 0.674. The third-order valence-electron chi connectivity index (χ3n) is 8.17. The van der Waals surface area contributed by atoms with Crippen LogP contribution in [0, 0.1) is 28.6 Å². The Morgan fingerprint density at radius 3 is 2.68 bits per heavy atom. The molecule has 0 saturated heterocycles. The van der Waals surface area contributed by atoms with E-state index in [1.54, 1.807) is 0 Å². The maximum Gasteiger partial charge on any atom is 0.0830 e. The van der Waals surface area contributed by atoms with E-state index in [1.807, 2.05) is 0 Å². The Morgan fingerprint density at radius 2 is 1.91 bits per heavy atom. The van der Waals surface area contributed by atoms with Crippen molar-refractivity contribution in [3.8, 4) is 0 Å². The third-order valence-corrected chi connectivity index (χ3v) is 8.17. The molecule has 22 heavy (non-hydrogen) atoms. The number of aliphatic hydroxyl groups excluding tert-OH is 1. The first-order valence-electron chi connectivity index (χ1n) is 9.18. The van der Waals surface area contributed by atoms with Crippen LogP contribution >= 0.6 is 0 Å². The van der Waals surface area contributed by atoms with Crippen LogP contribution in [0.2, 0.25) is 0 Å². The minimum absolute atomic E-state index is 0.0899. The van der Waals surface area contributed by atoms with E-state index < -0.39 is 5.66 Å². The van der Waals surface area contributed by atoms with Gasteiger partial charge in [-0.1, -0.05) is 25.5 Å². The lowest BCUT2D eigenvalue weighted by atomic mass is 9.47. The molecule has 1 radical (unpaired) electrons. The predicted molar refractivity (Wildman–Crippen MR) is 87.7 cm³/mol. The average molecular weight is 303 g/mol. The highest BCUT2D eigenvalue weighted by molar-refractivity contribution is 5.27. The van der Waals surface area contributed by atoms with Crippen LogP contribution in [0.5, 0.6) is 0 Å². The summed E-state index contributed by atoms with van der Waals surface area (Å²) in [6.45, 7) is 4.78. The van der Waals surface area contributed by atoms with Gasteiger partial charge >= 0.3 is 0 Å². The molecule has 0 amide bonds. The summed E-state index contributed by atoms with van der Waals surface area (Å²) in [6, 6.07) is 0. The molecule has 3 saturated carbocycles. The molecule has 4 aliphatic carbocycles. The van der Waals surface area contributed by atoms with Crippen LogP contribution in [0.1, 0.15) is 65.2 Å². The fourth-order valence-corrected chi connectivity index (χ4v) is 6.66. The van der Waals surface area contributed by atoms with Crippen LogP contribution in [0.3, 0.4) is 0 Å². The van der Waals surface area contributed by atoms with E-state index in [-0.39, 0.29) is 16.9 Å². The number of aliphatic hydroxyl groups is 1. The highest BCUT2D eigenvalue weighted by Crippen LogP contribution is 2.65. The second-order valence-corrected chi connectivity index (χ2v) is 9.23. The molecule has 3 heteroatoms. The lowest BCUT2D eigenvalue weighted by Gasteiger charge is -2.58. The van der Waals surface area contributed by atoms with E-state index in [1.165, 1.54) is 24.8 Å². The zero-order valence-electron chi connectivity index (χ0n) is 14.1. The largest absolute Gasteiger partial charge is 0.393 e. The number of nitrogens with one attached hydrogen (secondary N) is 1. The first-order chi connectivity index (χ1) is 10.3. The van der Waals surface area contributed by atoms with E-state index in [2.05, 4.69) is 19.9 Å². The first kappa shape index (κ1) is 15.2. The van der Waals surface area contributed by atoms with Gasteiger partial charge in [-0.05, 0) is 73.5 Å². The molecule has 0 aromatic rings. The van der Waals surface area contributed by atoms with Gasteiger partial charge in [0.05, 0.1) is 11.8 Å². The lowest BCUT2D eigenvalue weighted by Crippen LogP contribution is -2.55. The van der Waals surface area contributed by atoms with Gasteiger partial charge in [0.25, 0.3) is 0 Å². The van der Waals surface area contributed by atoms with Crippen LogP contribution in [-0.4, -0.2) is 16.9 Å². The molecule has 123 valence electrons. The minimum atomic E-state index is -0.745. The van der Waals surface area contributed by atoms with Gasteiger partial charge in [-0.2, -0.15) is 0 Å². The number of hydrogen-bond donors (Lipinski definition) is 2. The smallest absolute Gasteiger partial charge is 0.0830 e. The summed E-state index contributed by atoms with van der Waals surface area (Å²) >= 11 is 0. The summed E-state index contributed by atoms with van der Waals surface area (Å²) in [7, 11) is 0. The zero-order valence-corrected chi connectivity index (χ0v) is 14.1. The molecule has 3 fully saturated rings. The van der Waals surface area contributed by atoms with Gasteiger partial charge in [-0.3, -0.25) is 0 Å². The van der Waals surface area contributed by atoms with Crippen LogP contribution in [-0.2, 0) is 0 Å². The number of nitrogens with two attached hydrogens (primary N) is 1. The normalized spacial score (nSPS) is 53.2. The van der Waals surface area contributed by atoms with Crippen LogP contribution in [0.25, 0.3) is 0 Å². The zero-order chi connectivity index (χ0) is 15.8. The number of hydrogen-bond acceptors (Lipinski definition) is 2. The van der Waals surface area contributed by atoms with Crippen molar-refractivity contribution < 1.29 is 5.11 Å². The maximum absolute atomic E-state index is 10.5. The Morgan fingerprint density at radius 1 is 1.14 bits per heavy atom. The van der Waals surface area contributed by atoms with Crippen molar-refractivity contribution in [3.05, 3.63) is 11.6 Å². The minimum Gasteiger partial charge on any atom is -0.393 e. The van der Waals surface area contributed by atoms with E-state index in [9.17, 15) is 5.11 Å². The summed E-state index contributed by atoms with van der Waals surface area (Å²) in [5.74, 6) is 2.17. The molecule has 0 aromatic carbocycles. The van der Waals surface area contributed by atoms with Crippen molar-refractivity contribution in [3.63, 3.8) is 0 Å². The number of allylic oxidation sites excluding steroid dienone is 1. The molecule has 3 unspecified atom stereocenters. The summed E-state index contributed by atoms with van der Waals surface area (Å²) in [5.41, 5.74) is 15.5. The Hall–Kier alpha value is -0.380. The second kappa shape index (κ2) is 4.58. The summed E-state index contributed by atoms with van der Waals surface area (Å²) in [5, 5.41) is 10.5. The number of fused-ring (bicyclic) bond motifs is 5. The maximum atomic E-state index is 10.5.